The Morgan fingerprint density at radius 3 is 2.41 bits per heavy atom. The average molecular weight is 257 g/mol. The molecule has 96 valence electrons. The molecule has 3 N–H and O–H groups in total. The lowest BCUT2D eigenvalue weighted by Gasteiger charge is -2.30. The molecule has 0 unspecified atom stereocenters. The van der Waals surface area contributed by atoms with Crippen LogP contribution in [0.15, 0.2) is 5.16 Å². The van der Waals surface area contributed by atoms with Crippen LogP contribution in [0.1, 0.15) is 27.7 Å². The molecular formula is C10H19N5OS. The third-order valence-corrected chi connectivity index (χ3v) is 3.04. The summed E-state index contributed by atoms with van der Waals surface area (Å²) >= 11 is 1.29. The van der Waals surface area contributed by atoms with Gasteiger partial charge in [0, 0.05) is 12.1 Å². The van der Waals surface area contributed by atoms with Gasteiger partial charge in [-0.3, -0.25) is 4.79 Å². The number of nitrogens with two attached hydrogens (primary N) is 1. The fourth-order valence-electron chi connectivity index (χ4n) is 1.70. The summed E-state index contributed by atoms with van der Waals surface area (Å²) in [6, 6.07) is 0.389. The molecule has 0 bridgehead atoms. The number of nitrogens with one attached hydrogen (secondary N) is 1. The molecule has 6 nitrogen and oxygen atoms in total. The first-order chi connectivity index (χ1) is 7.91. The number of aromatic amines is 1. The number of nitrogen functional groups attached to an aromatic ring is 1. The molecule has 1 heterocycles. The van der Waals surface area contributed by atoms with Crippen molar-refractivity contribution in [3.05, 3.63) is 0 Å². The Morgan fingerprint density at radius 2 is 2.00 bits per heavy atom. The number of rotatable bonds is 5. The first-order valence-corrected chi connectivity index (χ1v) is 6.52. The summed E-state index contributed by atoms with van der Waals surface area (Å²) in [6.45, 7) is 8.03. The Kier molecular flexibility index (Phi) is 4.80. The lowest BCUT2D eigenvalue weighted by molar-refractivity contribution is -0.131. The molecule has 1 aromatic rings. The van der Waals surface area contributed by atoms with Gasteiger partial charge in [-0.05, 0) is 27.7 Å². The van der Waals surface area contributed by atoms with E-state index < -0.39 is 0 Å². The maximum atomic E-state index is 12.0. The number of carbonyl (C=O) groups excluding carboxylic acids is 1. The third-order valence-electron chi connectivity index (χ3n) is 2.21. The van der Waals surface area contributed by atoms with E-state index in [1.165, 1.54) is 11.8 Å². The highest BCUT2D eigenvalue weighted by Gasteiger charge is 2.20. The molecule has 0 saturated carbocycles. The molecule has 0 spiro atoms. The van der Waals surface area contributed by atoms with E-state index in [1.54, 1.807) is 0 Å². The van der Waals surface area contributed by atoms with Gasteiger partial charge < -0.3 is 10.6 Å². The summed E-state index contributed by atoms with van der Waals surface area (Å²) in [7, 11) is 0. The molecule has 17 heavy (non-hydrogen) atoms. The zero-order valence-corrected chi connectivity index (χ0v) is 11.4. The van der Waals surface area contributed by atoms with E-state index in [9.17, 15) is 4.79 Å². The van der Waals surface area contributed by atoms with Crippen molar-refractivity contribution in [1.82, 2.24) is 20.1 Å². The molecule has 0 saturated heterocycles. The van der Waals surface area contributed by atoms with Gasteiger partial charge >= 0.3 is 0 Å². The van der Waals surface area contributed by atoms with Crippen LogP contribution in [0.2, 0.25) is 0 Å². The molecule has 7 heteroatoms. The van der Waals surface area contributed by atoms with Crippen LogP contribution in [0.4, 0.5) is 5.95 Å². The van der Waals surface area contributed by atoms with Crippen LogP contribution in [0.5, 0.6) is 0 Å². The van der Waals surface area contributed by atoms with Crippen LogP contribution in [0.3, 0.4) is 0 Å². The van der Waals surface area contributed by atoms with Crippen molar-refractivity contribution in [3.8, 4) is 0 Å². The zero-order valence-electron chi connectivity index (χ0n) is 10.6. The first kappa shape index (κ1) is 13.8. The van der Waals surface area contributed by atoms with Crippen molar-refractivity contribution >= 4 is 23.6 Å². The molecular weight excluding hydrogens is 238 g/mol. The van der Waals surface area contributed by atoms with Crippen LogP contribution in [0.25, 0.3) is 0 Å². The second kappa shape index (κ2) is 5.90. The topological polar surface area (TPSA) is 87.9 Å². The van der Waals surface area contributed by atoms with E-state index in [4.69, 9.17) is 5.73 Å². The van der Waals surface area contributed by atoms with Crippen LogP contribution < -0.4 is 5.73 Å². The van der Waals surface area contributed by atoms with Crippen molar-refractivity contribution < 1.29 is 4.79 Å². The van der Waals surface area contributed by atoms with Gasteiger partial charge in [0.2, 0.25) is 17.0 Å². The molecule has 1 amide bonds. The number of thioether (sulfide) groups is 1. The minimum Gasteiger partial charge on any atom is -0.368 e. The van der Waals surface area contributed by atoms with E-state index in [1.807, 2.05) is 32.6 Å². The number of hydrogen-bond acceptors (Lipinski definition) is 5. The standard InChI is InChI=1S/C10H19N5OS/c1-6(2)15(7(3)4)8(16)5-17-10-12-9(11)13-14-10/h6-7H,5H2,1-4H3,(H3,11,12,13,14). The van der Waals surface area contributed by atoms with E-state index in [2.05, 4.69) is 15.2 Å². The maximum Gasteiger partial charge on any atom is 0.233 e. The molecule has 0 radical (unpaired) electrons. The first-order valence-electron chi connectivity index (χ1n) is 5.53. The Balaban J connectivity index is 2.53. The number of carbonyl (C=O) groups is 1. The van der Waals surface area contributed by atoms with Gasteiger partial charge in [-0.1, -0.05) is 11.8 Å². The predicted molar refractivity (Wildman–Crippen MR) is 68.6 cm³/mol. The van der Waals surface area contributed by atoms with Gasteiger partial charge in [0.25, 0.3) is 0 Å². The molecule has 0 fully saturated rings. The second-order valence-corrected chi connectivity index (χ2v) is 5.22. The van der Waals surface area contributed by atoms with Crippen LogP contribution in [-0.2, 0) is 4.79 Å². The smallest absolute Gasteiger partial charge is 0.233 e. The van der Waals surface area contributed by atoms with Gasteiger partial charge in [0.15, 0.2) is 0 Å². The van der Waals surface area contributed by atoms with E-state index in [0.29, 0.717) is 10.9 Å². The SMILES string of the molecule is CC(C)N(C(=O)CSc1n[nH]c(N)n1)C(C)C. The maximum absolute atomic E-state index is 12.0. The van der Waals surface area contributed by atoms with Crippen molar-refractivity contribution in [2.45, 2.75) is 44.9 Å². The lowest BCUT2D eigenvalue weighted by Crippen LogP contribution is -2.43. The second-order valence-electron chi connectivity index (χ2n) is 4.28. The number of H-pyrrole nitrogens is 1. The van der Waals surface area contributed by atoms with Crippen molar-refractivity contribution in [2.24, 2.45) is 0 Å². The molecule has 1 rings (SSSR count). The van der Waals surface area contributed by atoms with E-state index >= 15 is 0 Å². The van der Waals surface area contributed by atoms with Gasteiger partial charge in [-0.2, -0.15) is 4.98 Å². The van der Waals surface area contributed by atoms with Gasteiger partial charge in [-0.15, -0.1) is 5.10 Å². The number of amides is 1. The molecule has 0 aliphatic carbocycles. The van der Waals surface area contributed by atoms with Gasteiger partial charge in [-0.25, -0.2) is 5.10 Å². The zero-order chi connectivity index (χ0) is 13.0. The molecule has 0 atom stereocenters. The lowest BCUT2D eigenvalue weighted by atomic mass is 10.2. The Morgan fingerprint density at radius 1 is 1.41 bits per heavy atom. The minimum atomic E-state index is 0.0865. The summed E-state index contributed by atoms with van der Waals surface area (Å²) in [5.74, 6) is 0.682. The Labute approximate surface area is 105 Å². The van der Waals surface area contributed by atoms with Crippen LogP contribution >= 0.6 is 11.8 Å². The van der Waals surface area contributed by atoms with Crippen LogP contribution in [-0.4, -0.2) is 43.8 Å². The van der Waals surface area contributed by atoms with E-state index in [-0.39, 0.29) is 23.9 Å². The quantitative estimate of drug-likeness (QED) is 0.772. The average Bonchev–Trinajstić information content (AvgIpc) is 2.60. The molecule has 0 aliphatic rings. The highest BCUT2D eigenvalue weighted by Crippen LogP contribution is 2.15. The summed E-state index contributed by atoms with van der Waals surface area (Å²) < 4.78 is 0. The summed E-state index contributed by atoms with van der Waals surface area (Å²) in [6.07, 6.45) is 0. The van der Waals surface area contributed by atoms with Crippen molar-refractivity contribution in [1.29, 1.82) is 0 Å². The highest BCUT2D eigenvalue weighted by atomic mass is 32.2. The van der Waals surface area contributed by atoms with Gasteiger partial charge in [0.1, 0.15) is 0 Å². The minimum absolute atomic E-state index is 0.0865. The monoisotopic (exact) mass is 257 g/mol. The number of aromatic nitrogens is 3. The molecule has 1 aromatic heterocycles. The van der Waals surface area contributed by atoms with Crippen molar-refractivity contribution in [2.75, 3.05) is 11.5 Å². The number of hydrogen-bond donors (Lipinski definition) is 2. The summed E-state index contributed by atoms with van der Waals surface area (Å²) in [5, 5.41) is 6.91. The molecule has 0 aromatic carbocycles. The third kappa shape index (κ3) is 3.92. The molecule has 0 aliphatic heterocycles. The highest BCUT2D eigenvalue weighted by molar-refractivity contribution is 7.99. The Hall–Kier alpha value is -1.24. The Bertz CT molecular complexity index is 369. The van der Waals surface area contributed by atoms with Crippen LogP contribution in [0, 0.1) is 0 Å². The summed E-state index contributed by atoms with van der Waals surface area (Å²) in [4.78, 5) is 17.8. The number of nitrogens with zero attached hydrogens (tertiary/aromatic N) is 3. The fourth-order valence-corrected chi connectivity index (χ4v) is 2.37. The fraction of sp³-hybridized carbons (Fsp3) is 0.700. The summed E-state index contributed by atoms with van der Waals surface area (Å²) in [5.41, 5.74) is 5.40. The van der Waals surface area contributed by atoms with Gasteiger partial charge in [0.05, 0.1) is 5.75 Å². The van der Waals surface area contributed by atoms with Crippen molar-refractivity contribution in [3.63, 3.8) is 0 Å². The van der Waals surface area contributed by atoms with E-state index in [0.717, 1.165) is 0 Å². The number of anilines is 1. The predicted octanol–water partition coefficient (Wildman–Crippen LogP) is 1.12. The normalized spacial score (nSPS) is 11.2. The largest absolute Gasteiger partial charge is 0.368 e.